The molecule has 0 saturated heterocycles. The van der Waals surface area contributed by atoms with Crippen molar-refractivity contribution in [2.24, 2.45) is 0 Å². The van der Waals surface area contributed by atoms with E-state index < -0.39 is 0 Å². The number of hydrogen-bond acceptors (Lipinski definition) is 4. The predicted molar refractivity (Wildman–Crippen MR) is 74.1 cm³/mol. The molecule has 4 nitrogen and oxygen atoms in total. The Morgan fingerprint density at radius 3 is 2.32 bits per heavy atom. The fraction of sp³-hybridized carbons (Fsp3) is 0.200. The van der Waals surface area contributed by atoms with Crippen molar-refractivity contribution in [2.75, 3.05) is 12.8 Å². The molecule has 3 N–H and O–H groups in total. The van der Waals surface area contributed by atoms with E-state index in [4.69, 9.17) is 20.3 Å². The van der Waals surface area contributed by atoms with Gasteiger partial charge in [-0.2, -0.15) is 0 Å². The first-order valence-electron chi connectivity index (χ1n) is 5.98. The number of hydrogen-bond donors (Lipinski definition) is 2. The van der Waals surface area contributed by atoms with Crippen molar-refractivity contribution >= 4 is 5.69 Å². The highest BCUT2D eigenvalue weighted by Gasteiger charge is 2.02. The highest BCUT2D eigenvalue weighted by atomic mass is 16.5. The summed E-state index contributed by atoms with van der Waals surface area (Å²) in [5, 5.41) is 8.95. The zero-order chi connectivity index (χ0) is 13.7. The number of ether oxygens (including phenoxy) is 2. The van der Waals surface area contributed by atoms with Crippen molar-refractivity contribution in [2.45, 2.75) is 13.2 Å². The zero-order valence-corrected chi connectivity index (χ0v) is 10.8. The Bertz CT molecular complexity index is 538. The van der Waals surface area contributed by atoms with Gasteiger partial charge in [-0.1, -0.05) is 18.2 Å². The van der Waals surface area contributed by atoms with Gasteiger partial charge in [0.05, 0.1) is 19.4 Å². The van der Waals surface area contributed by atoms with Crippen LogP contribution in [0, 0.1) is 0 Å². The monoisotopic (exact) mass is 259 g/mol. The minimum absolute atomic E-state index is 0.0370. The first-order valence-corrected chi connectivity index (χ1v) is 5.98. The highest BCUT2D eigenvalue weighted by Crippen LogP contribution is 2.23. The molecule has 0 bridgehead atoms. The second-order valence-corrected chi connectivity index (χ2v) is 4.17. The second-order valence-electron chi connectivity index (χ2n) is 4.17. The quantitative estimate of drug-likeness (QED) is 0.809. The molecule has 0 amide bonds. The lowest BCUT2D eigenvalue weighted by Gasteiger charge is -2.09. The Morgan fingerprint density at radius 1 is 1.05 bits per heavy atom. The maximum Gasteiger partial charge on any atom is 0.141 e. The number of rotatable bonds is 5. The van der Waals surface area contributed by atoms with Gasteiger partial charge in [-0.3, -0.25) is 0 Å². The molecule has 2 rings (SSSR count). The van der Waals surface area contributed by atoms with Gasteiger partial charge >= 0.3 is 0 Å². The predicted octanol–water partition coefficient (Wildman–Crippen LogP) is 2.35. The van der Waals surface area contributed by atoms with Crippen LogP contribution in [0.15, 0.2) is 42.5 Å². The standard InChI is InChI=1S/C15H17NO3/c1-18-15-7-4-12(8-14(15)16)10-19-13-5-2-11(9-17)3-6-13/h2-8,17H,9-10,16H2,1H3. The Balaban J connectivity index is 1.99. The molecule has 0 unspecified atom stereocenters. The van der Waals surface area contributed by atoms with Crippen LogP contribution in [-0.2, 0) is 13.2 Å². The smallest absolute Gasteiger partial charge is 0.141 e. The molecule has 0 saturated carbocycles. The molecule has 0 atom stereocenters. The summed E-state index contributed by atoms with van der Waals surface area (Å²) in [5.74, 6) is 1.42. The van der Waals surface area contributed by atoms with Crippen LogP contribution in [-0.4, -0.2) is 12.2 Å². The fourth-order valence-electron chi connectivity index (χ4n) is 1.73. The van der Waals surface area contributed by atoms with Crippen molar-refractivity contribution in [1.29, 1.82) is 0 Å². The normalized spacial score (nSPS) is 10.2. The molecule has 0 spiro atoms. The van der Waals surface area contributed by atoms with Crippen LogP contribution in [0.25, 0.3) is 0 Å². The minimum atomic E-state index is 0.0370. The van der Waals surface area contributed by atoms with E-state index in [9.17, 15) is 0 Å². The highest BCUT2D eigenvalue weighted by molar-refractivity contribution is 5.54. The average Bonchev–Trinajstić information content (AvgIpc) is 2.46. The molecule has 0 aliphatic heterocycles. The zero-order valence-electron chi connectivity index (χ0n) is 10.8. The maximum absolute atomic E-state index is 8.95. The van der Waals surface area contributed by atoms with Crippen molar-refractivity contribution in [1.82, 2.24) is 0 Å². The van der Waals surface area contributed by atoms with E-state index in [1.54, 1.807) is 7.11 Å². The number of benzene rings is 2. The molecular formula is C15H17NO3. The molecular weight excluding hydrogens is 242 g/mol. The number of methoxy groups -OCH3 is 1. The van der Waals surface area contributed by atoms with E-state index in [0.29, 0.717) is 18.0 Å². The summed E-state index contributed by atoms with van der Waals surface area (Å²) >= 11 is 0. The van der Waals surface area contributed by atoms with Gasteiger partial charge in [-0.15, -0.1) is 0 Å². The van der Waals surface area contributed by atoms with Gasteiger partial charge in [0.2, 0.25) is 0 Å². The number of nitrogens with two attached hydrogens (primary N) is 1. The molecule has 0 aromatic heterocycles. The molecule has 0 fully saturated rings. The van der Waals surface area contributed by atoms with E-state index in [-0.39, 0.29) is 6.61 Å². The number of nitrogen functional groups attached to an aromatic ring is 1. The summed E-state index contributed by atoms with van der Waals surface area (Å²) < 4.78 is 10.7. The van der Waals surface area contributed by atoms with Crippen molar-refractivity contribution in [3.63, 3.8) is 0 Å². The molecule has 0 heterocycles. The Morgan fingerprint density at radius 2 is 1.74 bits per heavy atom. The van der Waals surface area contributed by atoms with Gasteiger partial charge in [0, 0.05) is 0 Å². The Labute approximate surface area is 112 Å². The topological polar surface area (TPSA) is 64.7 Å². The maximum atomic E-state index is 8.95. The molecule has 19 heavy (non-hydrogen) atoms. The summed E-state index contributed by atoms with van der Waals surface area (Å²) in [6.07, 6.45) is 0. The van der Waals surface area contributed by atoms with Crippen molar-refractivity contribution in [3.8, 4) is 11.5 Å². The first kappa shape index (κ1) is 13.2. The summed E-state index contributed by atoms with van der Waals surface area (Å²) in [4.78, 5) is 0. The van der Waals surface area contributed by atoms with E-state index in [1.807, 2.05) is 42.5 Å². The Kier molecular flexibility index (Phi) is 4.26. The minimum Gasteiger partial charge on any atom is -0.495 e. The van der Waals surface area contributed by atoms with E-state index in [0.717, 1.165) is 16.9 Å². The van der Waals surface area contributed by atoms with E-state index in [1.165, 1.54) is 0 Å². The van der Waals surface area contributed by atoms with Gasteiger partial charge in [-0.25, -0.2) is 0 Å². The van der Waals surface area contributed by atoms with Gasteiger partial charge in [0.25, 0.3) is 0 Å². The SMILES string of the molecule is COc1ccc(COc2ccc(CO)cc2)cc1N. The lowest BCUT2D eigenvalue weighted by molar-refractivity contribution is 0.280. The lowest BCUT2D eigenvalue weighted by atomic mass is 10.2. The summed E-state index contributed by atoms with van der Waals surface area (Å²) in [6, 6.07) is 12.9. The van der Waals surface area contributed by atoms with Crippen LogP contribution in [0.2, 0.25) is 0 Å². The summed E-state index contributed by atoms with van der Waals surface area (Å²) in [6.45, 7) is 0.474. The largest absolute Gasteiger partial charge is 0.495 e. The molecule has 2 aromatic rings. The molecule has 0 aliphatic carbocycles. The van der Waals surface area contributed by atoms with E-state index >= 15 is 0 Å². The van der Waals surface area contributed by atoms with Crippen LogP contribution in [0.3, 0.4) is 0 Å². The number of anilines is 1. The van der Waals surface area contributed by atoms with Crippen LogP contribution in [0.1, 0.15) is 11.1 Å². The van der Waals surface area contributed by atoms with Gasteiger partial charge in [0.15, 0.2) is 0 Å². The van der Waals surface area contributed by atoms with Gasteiger partial charge in [0.1, 0.15) is 18.1 Å². The van der Waals surface area contributed by atoms with Crippen LogP contribution >= 0.6 is 0 Å². The third-order valence-electron chi connectivity index (χ3n) is 2.81. The molecule has 4 heteroatoms. The summed E-state index contributed by atoms with van der Waals surface area (Å²) in [7, 11) is 1.59. The van der Waals surface area contributed by atoms with Crippen molar-refractivity contribution in [3.05, 3.63) is 53.6 Å². The molecule has 0 aliphatic rings. The molecule has 2 aromatic carbocycles. The molecule has 0 radical (unpaired) electrons. The van der Waals surface area contributed by atoms with Gasteiger partial charge in [-0.05, 0) is 35.4 Å². The van der Waals surface area contributed by atoms with Gasteiger partial charge < -0.3 is 20.3 Å². The van der Waals surface area contributed by atoms with Crippen LogP contribution < -0.4 is 15.2 Å². The van der Waals surface area contributed by atoms with Crippen LogP contribution in [0.4, 0.5) is 5.69 Å². The number of aliphatic hydroxyl groups is 1. The average molecular weight is 259 g/mol. The fourth-order valence-corrected chi connectivity index (χ4v) is 1.73. The second kappa shape index (κ2) is 6.11. The summed E-state index contributed by atoms with van der Waals surface area (Å²) in [5.41, 5.74) is 8.27. The first-order chi connectivity index (χ1) is 9.22. The lowest BCUT2D eigenvalue weighted by Crippen LogP contribution is -1.98. The Hall–Kier alpha value is -2.20. The molecule has 100 valence electrons. The number of aliphatic hydroxyl groups excluding tert-OH is 1. The van der Waals surface area contributed by atoms with Crippen LogP contribution in [0.5, 0.6) is 11.5 Å². The third-order valence-corrected chi connectivity index (χ3v) is 2.81. The van der Waals surface area contributed by atoms with Crippen molar-refractivity contribution < 1.29 is 14.6 Å². The van der Waals surface area contributed by atoms with E-state index in [2.05, 4.69) is 0 Å². The third kappa shape index (κ3) is 3.39.